The molecule has 1 fully saturated rings. The molecule has 0 radical (unpaired) electrons. The Morgan fingerprint density at radius 3 is 2.41 bits per heavy atom. The van der Waals surface area contributed by atoms with Crippen LogP contribution in [0.3, 0.4) is 0 Å². The van der Waals surface area contributed by atoms with Crippen LogP contribution in [0, 0.1) is 0 Å². The summed E-state index contributed by atoms with van der Waals surface area (Å²) < 4.78 is 16.7. The molecule has 180 valence electrons. The highest BCUT2D eigenvalue weighted by atomic mass is 16.5. The van der Waals surface area contributed by atoms with Crippen molar-refractivity contribution in [2.45, 2.75) is 26.8 Å². The fourth-order valence-electron chi connectivity index (χ4n) is 4.00. The van der Waals surface area contributed by atoms with E-state index in [1.54, 1.807) is 30.3 Å². The van der Waals surface area contributed by atoms with Gasteiger partial charge in [0.2, 0.25) is 11.2 Å². The first-order valence-corrected chi connectivity index (χ1v) is 11.7. The van der Waals surface area contributed by atoms with Crippen LogP contribution in [0.5, 0.6) is 17.2 Å². The molecule has 0 atom stereocenters. The molecular formula is C26H30N2O6. The first-order chi connectivity index (χ1) is 16.5. The van der Waals surface area contributed by atoms with Crippen molar-refractivity contribution in [3.8, 4) is 17.2 Å². The average Bonchev–Trinajstić information content (AvgIpc) is 2.86. The van der Waals surface area contributed by atoms with Crippen LogP contribution >= 0.6 is 0 Å². The summed E-state index contributed by atoms with van der Waals surface area (Å²) in [5.41, 5.74) is 1.04. The molecule has 1 N–H and O–H groups in total. The summed E-state index contributed by atoms with van der Waals surface area (Å²) in [6.45, 7) is 9.68. The molecule has 1 aromatic heterocycles. The number of likely N-dealkylation sites (N-methyl/N-ethyl adjacent to an activating group) is 1. The van der Waals surface area contributed by atoms with Crippen molar-refractivity contribution < 1.29 is 23.8 Å². The summed E-state index contributed by atoms with van der Waals surface area (Å²) in [6, 6.07) is 9.45. The van der Waals surface area contributed by atoms with Crippen molar-refractivity contribution in [2.24, 2.45) is 0 Å². The van der Waals surface area contributed by atoms with Crippen LogP contribution in [0.25, 0.3) is 11.0 Å². The third kappa shape index (κ3) is 5.24. The summed E-state index contributed by atoms with van der Waals surface area (Å²) in [6.07, 6.45) is 2.02. The molecule has 0 spiro atoms. The number of fused-ring (bicyclic) bond motifs is 1. The van der Waals surface area contributed by atoms with Gasteiger partial charge in [-0.25, -0.2) is 4.79 Å². The number of benzene rings is 2. The summed E-state index contributed by atoms with van der Waals surface area (Å²) in [5, 5.41) is 10.8. The predicted molar refractivity (Wildman–Crippen MR) is 129 cm³/mol. The molecule has 0 aliphatic carbocycles. The number of piperazine rings is 1. The van der Waals surface area contributed by atoms with E-state index in [2.05, 4.69) is 16.7 Å². The van der Waals surface area contributed by atoms with E-state index in [1.807, 2.05) is 6.92 Å². The highest BCUT2D eigenvalue weighted by Gasteiger charge is 2.21. The van der Waals surface area contributed by atoms with Gasteiger partial charge in [0, 0.05) is 32.7 Å². The highest BCUT2D eigenvalue weighted by Crippen LogP contribution is 2.30. The van der Waals surface area contributed by atoms with Gasteiger partial charge in [0.05, 0.1) is 23.1 Å². The Labute approximate surface area is 198 Å². The van der Waals surface area contributed by atoms with E-state index in [1.165, 1.54) is 12.3 Å². The van der Waals surface area contributed by atoms with E-state index in [-0.39, 0.29) is 16.9 Å². The van der Waals surface area contributed by atoms with E-state index in [0.717, 1.165) is 39.1 Å². The third-order valence-electron chi connectivity index (χ3n) is 6.04. The number of phenolic OH excluding ortho intramolecular Hbond substituents is 1. The first-order valence-electron chi connectivity index (χ1n) is 11.7. The van der Waals surface area contributed by atoms with Crippen LogP contribution < -0.4 is 10.2 Å². The maximum Gasteiger partial charge on any atom is 0.338 e. The van der Waals surface area contributed by atoms with Crippen molar-refractivity contribution in [2.75, 3.05) is 39.3 Å². The first kappa shape index (κ1) is 23.8. The van der Waals surface area contributed by atoms with Crippen LogP contribution in [-0.4, -0.2) is 60.2 Å². The number of hydrogen-bond donors (Lipinski definition) is 1. The summed E-state index contributed by atoms with van der Waals surface area (Å²) in [5.74, 6) is 0.128. The molecule has 2 aromatic carbocycles. The smallest absolute Gasteiger partial charge is 0.338 e. The monoisotopic (exact) mass is 466 g/mol. The molecule has 2 heterocycles. The standard InChI is InChI=1S/C26H30N2O6/c1-3-15-32-26(31)18-5-7-19(8-6-18)34-23-17-33-25-20(24(23)30)9-10-22(29)21(25)16-28-13-11-27(4-2)12-14-28/h5-10,17,29H,3-4,11-16H2,1-2H3. The number of aromatic hydroxyl groups is 1. The largest absolute Gasteiger partial charge is 0.507 e. The Morgan fingerprint density at radius 1 is 1.03 bits per heavy atom. The van der Waals surface area contributed by atoms with Gasteiger partial charge in [-0.15, -0.1) is 0 Å². The lowest BCUT2D eigenvalue weighted by atomic mass is 10.1. The number of carbonyl (C=O) groups is 1. The van der Waals surface area contributed by atoms with Crippen molar-refractivity contribution >= 4 is 16.9 Å². The van der Waals surface area contributed by atoms with Gasteiger partial charge in [-0.05, 0) is 49.4 Å². The molecule has 1 aliphatic heterocycles. The second kappa shape index (κ2) is 10.7. The second-order valence-electron chi connectivity index (χ2n) is 8.34. The highest BCUT2D eigenvalue weighted by molar-refractivity contribution is 5.89. The minimum Gasteiger partial charge on any atom is -0.507 e. The molecule has 8 nitrogen and oxygen atoms in total. The Morgan fingerprint density at radius 2 is 1.74 bits per heavy atom. The van der Waals surface area contributed by atoms with Crippen molar-refractivity contribution in [3.63, 3.8) is 0 Å². The number of hydrogen-bond acceptors (Lipinski definition) is 8. The quantitative estimate of drug-likeness (QED) is 0.498. The Bertz CT molecular complexity index is 1200. The van der Waals surface area contributed by atoms with Crippen LogP contribution in [-0.2, 0) is 11.3 Å². The zero-order chi connectivity index (χ0) is 24.1. The minimum absolute atomic E-state index is 0.0296. The van der Waals surface area contributed by atoms with Gasteiger partial charge in [0.1, 0.15) is 23.3 Å². The molecule has 1 aliphatic rings. The second-order valence-corrected chi connectivity index (χ2v) is 8.34. The number of esters is 1. The topological polar surface area (TPSA) is 92.5 Å². The van der Waals surface area contributed by atoms with Gasteiger partial charge < -0.3 is 23.9 Å². The molecule has 3 aromatic rings. The zero-order valence-corrected chi connectivity index (χ0v) is 19.6. The maximum absolute atomic E-state index is 13.1. The maximum atomic E-state index is 13.1. The lowest BCUT2D eigenvalue weighted by Gasteiger charge is -2.34. The summed E-state index contributed by atoms with van der Waals surface area (Å²) in [7, 11) is 0. The molecular weight excluding hydrogens is 436 g/mol. The average molecular weight is 467 g/mol. The van der Waals surface area contributed by atoms with E-state index >= 15 is 0 Å². The molecule has 0 saturated carbocycles. The SMILES string of the molecule is CCCOC(=O)c1ccc(Oc2coc3c(CN4CCN(CC)CC4)c(O)ccc3c2=O)cc1. The van der Waals surface area contributed by atoms with Crippen LogP contribution in [0.2, 0.25) is 0 Å². The van der Waals surface area contributed by atoms with E-state index < -0.39 is 5.97 Å². The van der Waals surface area contributed by atoms with E-state index in [9.17, 15) is 14.7 Å². The predicted octanol–water partition coefficient (Wildman–Crippen LogP) is 4.00. The molecule has 34 heavy (non-hydrogen) atoms. The van der Waals surface area contributed by atoms with Gasteiger partial charge in [-0.2, -0.15) is 0 Å². The lowest BCUT2D eigenvalue weighted by molar-refractivity contribution is 0.0505. The number of rotatable bonds is 8. The number of phenols is 1. The van der Waals surface area contributed by atoms with Gasteiger partial charge in [-0.3, -0.25) is 9.69 Å². The van der Waals surface area contributed by atoms with Gasteiger partial charge in [0.15, 0.2) is 0 Å². The normalized spacial score (nSPS) is 14.9. The van der Waals surface area contributed by atoms with Crippen molar-refractivity contribution in [1.29, 1.82) is 0 Å². The number of nitrogens with zero attached hydrogens (tertiary/aromatic N) is 2. The number of carbonyl (C=O) groups excluding carboxylic acids is 1. The Kier molecular flexibility index (Phi) is 7.49. The zero-order valence-electron chi connectivity index (χ0n) is 19.6. The van der Waals surface area contributed by atoms with Crippen LogP contribution in [0.15, 0.2) is 51.9 Å². The Balaban J connectivity index is 1.53. The van der Waals surface area contributed by atoms with Crippen molar-refractivity contribution in [1.82, 2.24) is 9.80 Å². The third-order valence-corrected chi connectivity index (χ3v) is 6.04. The van der Waals surface area contributed by atoms with Gasteiger partial charge in [0.25, 0.3) is 0 Å². The molecule has 8 heteroatoms. The molecule has 0 bridgehead atoms. The molecule has 0 amide bonds. The lowest BCUT2D eigenvalue weighted by Crippen LogP contribution is -2.45. The fourth-order valence-corrected chi connectivity index (χ4v) is 4.00. The molecule has 1 saturated heterocycles. The van der Waals surface area contributed by atoms with Crippen LogP contribution in [0.4, 0.5) is 0 Å². The van der Waals surface area contributed by atoms with Crippen molar-refractivity contribution in [3.05, 3.63) is 64.0 Å². The molecule has 4 rings (SSSR count). The molecule has 0 unspecified atom stereocenters. The summed E-state index contributed by atoms with van der Waals surface area (Å²) in [4.78, 5) is 29.7. The van der Waals surface area contributed by atoms with Gasteiger partial charge >= 0.3 is 5.97 Å². The summed E-state index contributed by atoms with van der Waals surface area (Å²) >= 11 is 0. The number of ether oxygens (including phenoxy) is 2. The van der Waals surface area contributed by atoms with E-state index in [0.29, 0.717) is 41.0 Å². The van der Waals surface area contributed by atoms with Gasteiger partial charge in [-0.1, -0.05) is 13.8 Å². The Hall–Kier alpha value is -3.36. The minimum atomic E-state index is -0.401. The van der Waals surface area contributed by atoms with Crippen LogP contribution in [0.1, 0.15) is 36.2 Å². The van der Waals surface area contributed by atoms with E-state index in [4.69, 9.17) is 13.9 Å². The fraction of sp³-hybridized carbons (Fsp3) is 0.385.